The zero-order valence-electron chi connectivity index (χ0n) is 8.91. The van der Waals surface area contributed by atoms with Gasteiger partial charge in [0.2, 0.25) is 0 Å². The van der Waals surface area contributed by atoms with E-state index in [1.807, 2.05) is 12.1 Å². The van der Waals surface area contributed by atoms with Crippen molar-refractivity contribution in [3.8, 4) is 6.07 Å². The van der Waals surface area contributed by atoms with Crippen molar-refractivity contribution in [2.75, 3.05) is 7.11 Å². The molecule has 0 aromatic carbocycles. The highest BCUT2D eigenvalue weighted by atomic mass is 79.9. The van der Waals surface area contributed by atoms with Crippen molar-refractivity contribution in [3.05, 3.63) is 25.9 Å². The second-order valence-corrected chi connectivity index (χ2v) is 4.96. The van der Waals surface area contributed by atoms with E-state index in [1.165, 1.54) is 12.0 Å². The van der Waals surface area contributed by atoms with Crippen LogP contribution in [0.25, 0.3) is 6.08 Å². The van der Waals surface area contributed by atoms with Gasteiger partial charge < -0.3 is 4.74 Å². The van der Waals surface area contributed by atoms with Crippen molar-refractivity contribution in [3.63, 3.8) is 0 Å². The highest BCUT2D eigenvalue weighted by Gasteiger charge is 2.10. The molecule has 3 nitrogen and oxygen atoms in total. The summed E-state index contributed by atoms with van der Waals surface area (Å²) in [5.74, 6) is -0.606. The second-order valence-electron chi connectivity index (χ2n) is 2.93. The Hall–Kier alpha value is -1.12. The van der Waals surface area contributed by atoms with E-state index in [9.17, 15) is 4.79 Å². The summed E-state index contributed by atoms with van der Waals surface area (Å²) in [6.07, 6.45) is 2.46. The third-order valence-electron chi connectivity index (χ3n) is 1.91. The molecule has 0 spiro atoms. The maximum absolute atomic E-state index is 11.2. The quantitative estimate of drug-likeness (QED) is 0.489. The lowest BCUT2D eigenvalue weighted by Gasteiger charge is -1.94. The monoisotopic (exact) mass is 299 g/mol. The first-order valence-corrected chi connectivity index (χ1v) is 6.21. The van der Waals surface area contributed by atoms with Crippen LogP contribution in [0.2, 0.25) is 0 Å². The summed E-state index contributed by atoms with van der Waals surface area (Å²) in [4.78, 5) is 13.2. The van der Waals surface area contributed by atoms with Gasteiger partial charge in [-0.15, -0.1) is 11.3 Å². The maximum Gasteiger partial charge on any atom is 0.348 e. The van der Waals surface area contributed by atoms with E-state index in [-0.39, 0.29) is 5.57 Å². The highest BCUT2D eigenvalue weighted by molar-refractivity contribution is 9.10. The molecule has 1 aromatic heterocycles. The molecular weight excluding hydrogens is 290 g/mol. The molecule has 0 N–H and O–H groups in total. The molecule has 0 amide bonds. The van der Waals surface area contributed by atoms with Crippen LogP contribution in [0.1, 0.15) is 16.7 Å². The molecule has 0 aliphatic rings. The largest absolute Gasteiger partial charge is 0.465 e. The average Bonchev–Trinajstić information content (AvgIpc) is 2.65. The number of thiophene rings is 1. The maximum atomic E-state index is 11.2. The Morgan fingerprint density at radius 1 is 1.75 bits per heavy atom. The molecule has 5 heteroatoms. The van der Waals surface area contributed by atoms with Crippen LogP contribution in [0.5, 0.6) is 0 Å². The molecule has 1 rings (SSSR count). The minimum Gasteiger partial charge on any atom is -0.465 e. The zero-order valence-corrected chi connectivity index (χ0v) is 11.3. The number of aryl methyl sites for hydroxylation is 1. The highest BCUT2D eigenvalue weighted by Crippen LogP contribution is 2.29. The third kappa shape index (κ3) is 2.94. The Morgan fingerprint density at radius 3 is 2.88 bits per heavy atom. The Labute approximate surface area is 106 Å². The number of methoxy groups -OCH3 is 1. The molecule has 0 unspecified atom stereocenters. The standard InChI is InChI=1S/C11H10BrNO2S/c1-3-10-9(12)5-8(16-10)4-7(6-13)11(14)15-2/h4-5H,3H2,1-2H3/b7-4+. The van der Waals surface area contributed by atoms with Gasteiger partial charge in [-0.3, -0.25) is 0 Å². The smallest absolute Gasteiger partial charge is 0.348 e. The lowest BCUT2D eigenvalue weighted by atomic mass is 10.2. The fourth-order valence-corrected chi connectivity index (χ4v) is 2.99. The molecule has 0 aliphatic heterocycles. The van der Waals surface area contributed by atoms with Crippen molar-refractivity contribution in [1.82, 2.24) is 0 Å². The van der Waals surface area contributed by atoms with E-state index >= 15 is 0 Å². The molecule has 0 saturated heterocycles. The van der Waals surface area contributed by atoms with Crippen molar-refractivity contribution < 1.29 is 9.53 Å². The van der Waals surface area contributed by atoms with Crippen LogP contribution >= 0.6 is 27.3 Å². The summed E-state index contributed by atoms with van der Waals surface area (Å²) in [5.41, 5.74) is 0.0129. The number of esters is 1. The van der Waals surface area contributed by atoms with Crippen LogP contribution in [-0.4, -0.2) is 13.1 Å². The van der Waals surface area contributed by atoms with Crippen molar-refractivity contribution in [2.24, 2.45) is 0 Å². The summed E-state index contributed by atoms with van der Waals surface area (Å²) in [6, 6.07) is 3.72. The number of carbonyl (C=O) groups excluding carboxylic acids is 1. The van der Waals surface area contributed by atoms with Crippen LogP contribution < -0.4 is 0 Å². The minimum atomic E-state index is -0.606. The third-order valence-corrected chi connectivity index (χ3v) is 4.11. The molecular formula is C11H10BrNO2S. The van der Waals surface area contributed by atoms with Gasteiger partial charge in [-0.1, -0.05) is 6.92 Å². The Kier molecular flexibility index (Phi) is 4.71. The fourth-order valence-electron chi connectivity index (χ4n) is 1.13. The van der Waals surface area contributed by atoms with Crippen LogP contribution in [0, 0.1) is 11.3 Å². The van der Waals surface area contributed by atoms with Crippen molar-refractivity contribution >= 4 is 39.3 Å². The fraction of sp³-hybridized carbons (Fsp3) is 0.273. The van der Waals surface area contributed by atoms with Crippen LogP contribution in [0.3, 0.4) is 0 Å². The van der Waals surface area contributed by atoms with Crippen LogP contribution in [-0.2, 0) is 16.0 Å². The van der Waals surface area contributed by atoms with Gasteiger partial charge in [0, 0.05) is 14.2 Å². The number of hydrogen-bond donors (Lipinski definition) is 0. The van der Waals surface area contributed by atoms with E-state index in [0.717, 1.165) is 15.8 Å². The van der Waals surface area contributed by atoms with Gasteiger partial charge in [0.25, 0.3) is 0 Å². The molecule has 0 saturated carbocycles. The Balaban J connectivity index is 3.05. The SMILES string of the molecule is CCc1sc(/C=C(\C#N)C(=O)OC)cc1Br. The van der Waals surface area contributed by atoms with E-state index in [0.29, 0.717) is 0 Å². The number of hydrogen-bond acceptors (Lipinski definition) is 4. The van der Waals surface area contributed by atoms with Gasteiger partial charge in [0.05, 0.1) is 7.11 Å². The molecule has 0 bridgehead atoms. The predicted octanol–water partition coefficient (Wildman–Crippen LogP) is 3.15. The summed E-state index contributed by atoms with van der Waals surface area (Å²) in [5, 5.41) is 8.80. The number of halogens is 1. The first kappa shape index (κ1) is 12.9. The molecule has 1 heterocycles. The normalized spacial score (nSPS) is 11.0. The average molecular weight is 300 g/mol. The lowest BCUT2D eigenvalue weighted by molar-refractivity contribution is -0.135. The van der Waals surface area contributed by atoms with Crippen LogP contribution in [0.4, 0.5) is 0 Å². The van der Waals surface area contributed by atoms with Gasteiger partial charge in [0.1, 0.15) is 11.6 Å². The van der Waals surface area contributed by atoms with Gasteiger partial charge in [-0.25, -0.2) is 4.79 Å². The van der Waals surface area contributed by atoms with Crippen molar-refractivity contribution in [1.29, 1.82) is 5.26 Å². The van der Waals surface area contributed by atoms with E-state index in [4.69, 9.17) is 5.26 Å². The summed E-state index contributed by atoms with van der Waals surface area (Å²) >= 11 is 4.97. The van der Waals surface area contributed by atoms with E-state index in [2.05, 4.69) is 27.6 Å². The first-order valence-electron chi connectivity index (χ1n) is 4.60. The number of nitriles is 1. The Bertz CT molecular complexity index is 471. The number of ether oxygens (including phenoxy) is 1. The van der Waals surface area contributed by atoms with E-state index < -0.39 is 5.97 Å². The number of carbonyl (C=O) groups is 1. The number of rotatable bonds is 3. The molecule has 0 atom stereocenters. The molecule has 16 heavy (non-hydrogen) atoms. The summed E-state index contributed by atoms with van der Waals surface area (Å²) < 4.78 is 5.51. The minimum absolute atomic E-state index is 0.0129. The first-order chi connectivity index (χ1) is 7.62. The topological polar surface area (TPSA) is 50.1 Å². The predicted molar refractivity (Wildman–Crippen MR) is 67.0 cm³/mol. The molecule has 0 fully saturated rings. The van der Waals surface area contributed by atoms with Gasteiger partial charge in [-0.2, -0.15) is 5.26 Å². The van der Waals surface area contributed by atoms with Crippen LogP contribution in [0.15, 0.2) is 16.1 Å². The summed E-state index contributed by atoms with van der Waals surface area (Å²) in [7, 11) is 1.26. The van der Waals surface area contributed by atoms with Crippen molar-refractivity contribution in [2.45, 2.75) is 13.3 Å². The molecule has 1 aromatic rings. The molecule has 0 aliphatic carbocycles. The Morgan fingerprint density at radius 2 is 2.44 bits per heavy atom. The van der Waals surface area contributed by atoms with E-state index in [1.54, 1.807) is 17.4 Å². The van der Waals surface area contributed by atoms with Gasteiger partial charge in [-0.05, 0) is 34.5 Å². The second kappa shape index (κ2) is 5.83. The lowest BCUT2D eigenvalue weighted by Crippen LogP contribution is -2.02. The molecule has 0 radical (unpaired) electrons. The number of nitrogens with zero attached hydrogens (tertiary/aromatic N) is 1. The zero-order chi connectivity index (χ0) is 12.1. The van der Waals surface area contributed by atoms with Gasteiger partial charge >= 0.3 is 5.97 Å². The van der Waals surface area contributed by atoms with Gasteiger partial charge in [0.15, 0.2) is 0 Å². The summed E-state index contributed by atoms with van der Waals surface area (Å²) in [6.45, 7) is 2.05. The molecule has 84 valence electrons.